The summed E-state index contributed by atoms with van der Waals surface area (Å²) in [5, 5.41) is 3.64. The molecule has 0 bridgehead atoms. The van der Waals surface area contributed by atoms with E-state index in [9.17, 15) is 4.39 Å². The van der Waals surface area contributed by atoms with Gasteiger partial charge in [-0.1, -0.05) is 5.16 Å². The third-order valence-electron chi connectivity index (χ3n) is 2.62. The molecule has 0 saturated carbocycles. The van der Waals surface area contributed by atoms with Gasteiger partial charge in [-0.3, -0.25) is 0 Å². The Kier molecular flexibility index (Phi) is 2.79. The van der Waals surface area contributed by atoms with E-state index in [0.717, 1.165) is 5.52 Å². The summed E-state index contributed by atoms with van der Waals surface area (Å²) in [6.07, 6.45) is 1.57. The smallest absolute Gasteiger partial charge is 0.178 e. The lowest BCUT2D eigenvalue weighted by Gasteiger charge is -2.02. The van der Waals surface area contributed by atoms with Crippen molar-refractivity contribution >= 4 is 39.2 Å². The number of rotatable bonds is 2. The van der Waals surface area contributed by atoms with Crippen LogP contribution in [0, 0.1) is 10.6 Å². The molecule has 4 nitrogen and oxygen atoms in total. The fraction of sp³-hybridized carbons (Fsp3) is 0.0909. The number of H-pyrrole nitrogens is 1. The lowest BCUT2D eigenvalue weighted by Crippen LogP contribution is -1.98. The van der Waals surface area contributed by atoms with E-state index < -0.39 is 0 Å². The summed E-state index contributed by atoms with van der Waals surface area (Å²) >= 11 is 8.39. The van der Waals surface area contributed by atoms with Gasteiger partial charge in [-0.2, -0.15) is 0 Å². The molecule has 92 valence electrons. The van der Waals surface area contributed by atoms with E-state index in [4.69, 9.17) is 16.7 Å². The second-order valence-electron chi connectivity index (χ2n) is 3.78. The number of hydrogen-bond donors (Lipinski definition) is 1. The molecule has 0 radical (unpaired) electrons. The largest absolute Gasteiger partial charge is 0.359 e. The Morgan fingerprint density at radius 2 is 2.33 bits per heavy atom. The summed E-state index contributed by atoms with van der Waals surface area (Å²) in [5.41, 5.74) is 1.46. The van der Waals surface area contributed by atoms with Gasteiger partial charge in [-0.15, -0.1) is 0 Å². The molecule has 3 aromatic rings. The summed E-state index contributed by atoms with van der Waals surface area (Å²) in [4.78, 5) is 2.96. The minimum atomic E-state index is -0.328. The molecule has 0 aliphatic rings. The third kappa shape index (κ3) is 1.89. The maximum atomic E-state index is 13.4. The molecule has 0 aliphatic carbocycles. The van der Waals surface area contributed by atoms with Gasteiger partial charge in [0.1, 0.15) is 5.82 Å². The van der Waals surface area contributed by atoms with Crippen LogP contribution in [0.15, 0.2) is 33.4 Å². The average molecular weight is 328 g/mol. The standard InChI is InChI=1S/C11H7BrFN3OS/c12-7-3-10-9(4-8(7)13)15-11(18)16(10)5-6-1-2-14-17-6/h1-4H,5H2,(H,15,18). The maximum Gasteiger partial charge on any atom is 0.178 e. The van der Waals surface area contributed by atoms with Crippen molar-refractivity contribution in [1.29, 1.82) is 0 Å². The van der Waals surface area contributed by atoms with Gasteiger partial charge in [0.05, 0.1) is 28.2 Å². The first kappa shape index (κ1) is 11.6. The van der Waals surface area contributed by atoms with Crippen LogP contribution in [-0.4, -0.2) is 14.7 Å². The zero-order valence-electron chi connectivity index (χ0n) is 8.98. The Balaban J connectivity index is 2.19. The normalized spacial score (nSPS) is 11.2. The maximum absolute atomic E-state index is 13.4. The minimum Gasteiger partial charge on any atom is -0.359 e. The lowest BCUT2D eigenvalue weighted by atomic mass is 10.3. The molecule has 18 heavy (non-hydrogen) atoms. The average Bonchev–Trinajstić information content (AvgIpc) is 2.92. The van der Waals surface area contributed by atoms with Crippen molar-refractivity contribution in [3.05, 3.63) is 45.2 Å². The van der Waals surface area contributed by atoms with Crippen LogP contribution >= 0.6 is 28.1 Å². The quantitative estimate of drug-likeness (QED) is 0.731. The molecule has 3 rings (SSSR count). The lowest BCUT2D eigenvalue weighted by molar-refractivity contribution is 0.377. The van der Waals surface area contributed by atoms with E-state index in [1.165, 1.54) is 6.07 Å². The van der Waals surface area contributed by atoms with Gasteiger partial charge in [0.25, 0.3) is 0 Å². The number of benzene rings is 1. The number of nitrogens with one attached hydrogen (secondary N) is 1. The van der Waals surface area contributed by atoms with Crippen molar-refractivity contribution in [2.45, 2.75) is 6.54 Å². The van der Waals surface area contributed by atoms with Crippen molar-refractivity contribution < 1.29 is 8.91 Å². The van der Waals surface area contributed by atoms with Crippen molar-refractivity contribution in [3.63, 3.8) is 0 Å². The number of fused-ring (bicyclic) bond motifs is 1. The monoisotopic (exact) mass is 327 g/mol. The van der Waals surface area contributed by atoms with Gasteiger partial charge in [-0.05, 0) is 34.2 Å². The van der Waals surface area contributed by atoms with Crippen LogP contribution < -0.4 is 0 Å². The van der Waals surface area contributed by atoms with Crippen LogP contribution in [0.2, 0.25) is 0 Å². The van der Waals surface area contributed by atoms with Crippen molar-refractivity contribution in [3.8, 4) is 0 Å². The second-order valence-corrected chi connectivity index (χ2v) is 5.02. The van der Waals surface area contributed by atoms with Crippen molar-refractivity contribution in [2.75, 3.05) is 0 Å². The Morgan fingerprint density at radius 3 is 3.06 bits per heavy atom. The van der Waals surface area contributed by atoms with Crippen LogP contribution in [0.25, 0.3) is 11.0 Å². The van der Waals surface area contributed by atoms with Crippen LogP contribution in [0.1, 0.15) is 5.76 Å². The first-order valence-corrected chi connectivity index (χ1v) is 6.32. The Bertz CT molecular complexity index is 763. The molecule has 1 aromatic carbocycles. The molecule has 1 N–H and O–H groups in total. The molecule has 0 saturated heterocycles. The number of hydrogen-bond acceptors (Lipinski definition) is 3. The third-order valence-corrected chi connectivity index (χ3v) is 3.55. The SMILES string of the molecule is Fc1cc2[nH]c(=S)n(Cc3ccno3)c2cc1Br. The molecule has 0 spiro atoms. The van der Waals surface area contributed by atoms with Crippen LogP contribution in [-0.2, 0) is 6.54 Å². The van der Waals surface area contributed by atoms with Gasteiger partial charge < -0.3 is 14.1 Å². The molecule has 0 amide bonds. The summed E-state index contributed by atoms with van der Waals surface area (Å²) < 4.78 is 21.2. The molecule has 0 aliphatic heterocycles. The number of imidazole rings is 1. The summed E-state index contributed by atoms with van der Waals surface area (Å²) in [5.74, 6) is 0.359. The van der Waals surface area contributed by atoms with Crippen molar-refractivity contribution in [1.82, 2.24) is 14.7 Å². The second kappa shape index (κ2) is 4.33. The molecular formula is C11H7BrFN3OS. The first-order valence-electron chi connectivity index (χ1n) is 5.12. The van der Waals surface area contributed by atoms with Gasteiger partial charge >= 0.3 is 0 Å². The summed E-state index contributed by atoms with van der Waals surface area (Å²) in [6.45, 7) is 0.455. The van der Waals surface area contributed by atoms with E-state index in [1.54, 1.807) is 18.3 Å². The highest BCUT2D eigenvalue weighted by Crippen LogP contribution is 2.23. The van der Waals surface area contributed by atoms with Crippen LogP contribution in [0.5, 0.6) is 0 Å². The highest BCUT2D eigenvalue weighted by atomic mass is 79.9. The van der Waals surface area contributed by atoms with Gasteiger partial charge in [0.15, 0.2) is 10.5 Å². The van der Waals surface area contributed by atoms with E-state index in [1.807, 2.05) is 4.57 Å². The van der Waals surface area contributed by atoms with Gasteiger partial charge in [0, 0.05) is 12.1 Å². The molecule has 0 unspecified atom stereocenters. The van der Waals surface area contributed by atoms with Gasteiger partial charge in [-0.25, -0.2) is 4.39 Å². The highest BCUT2D eigenvalue weighted by Gasteiger charge is 2.10. The van der Waals surface area contributed by atoms with E-state index in [0.29, 0.717) is 27.1 Å². The van der Waals surface area contributed by atoms with E-state index in [-0.39, 0.29) is 5.82 Å². The number of aromatic nitrogens is 3. The topological polar surface area (TPSA) is 46.8 Å². The van der Waals surface area contributed by atoms with E-state index in [2.05, 4.69) is 26.1 Å². The Labute approximate surface area is 115 Å². The zero-order chi connectivity index (χ0) is 12.7. The minimum absolute atomic E-state index is 0.328. The van der Waals surface area contributed by atoms with E-state index >= 15 is 0 Å². The number of aromatic amines is 1. The number of halogens is 2. The Hall–Kier alpha value is -1.47. The fourth-order valence-electron chi connectivity index (χ4n) is 1.79. The van der Waals surface area contributed by atoms with Crippen LogP contribution in [0.3, 0.4) is 0 Å². The molecule has 2 aromatic heterocycles. The van der Waals surface area contributed by atoms with Crippen LogP contribution in [0.4, 0.5) is 4.39 Å². The summed E-state index contributed by atoms with van der Waals surface area (Å²) in [7, 11) is 0. The predicted octanol–water partition coefficient (Wildman–Crippen LogP) is 3.64. The molecule has 0 atom stereocenters. The molecule has 0 fully saturated rings. The number of nitrogens with zero attached hydrogens (tertiary/aromatic N) is 2. The highest BCUT2D eigenvalue weighted by molar-refractivity contribution is 9.10. The van der Waals surface area contributed by atoms with Gasteiger partial charge in [0.2, 0.25) is 0 Å². The summed E-state index contributed by atoms with van der Waals surface area (Å²) in [6, 6.07) is 4.86. The Morgan fingerprint density at radius 1 is 1.50 bits per heavy atom. The zero-order valence-corrected chi connectivity index (χ0v) is 11.4. The molecule has 2 heterocycles. The molecule has 7 heteroatoms. The fourth-order valence-corrected chi connectivity index (χ4v) is 2.39. The molecular weight excluding hydrogens is 321 g/mol. The first-order chi connectivity index (χ1) is 8.65. The van der Waals surface area contributed by atoms with Crippen molar-refractivity contribution in [2.24, 2.45) is 0 Å². The predicted molar refractivity (Wildman–Crippen MR) is 70.4 cm³/mol.